The van der Waals surface area contributed by atoms with E-state index in [1.807, 2.05) is 17.5 Å². The number of hydrogen-bond donors (Lipinski definition) is 1. The average molecular weight is 367 g/mol. The normalized spacial score (nSPS) is 10.8. The van der Waals surface area contributed by atoms with Crippen molar-refractivity contribution in [2.75, 3.05) is 11.1 Å². The summed E-state index contributed by atoms with van der Waals surface area (Å²) in [5.74, 6) is -1.83. The lowest BCUT2D eigenvalue weighted by Crippen LogP contribution is -2.16. The lowest BCUT2D eigenvalue weighted by Gasteiger charge is -2.06. The van der Waals surface area contributed by atoms with E-state index in [-0.39, 0.29) is 11.4 Å². The Balaban J connectivity index is 1.59. The van der Waals surface area contributed by atoms with E-state index in [0.717, 1.165) is 34.8 Å². The second-order valence-electron chi connectivity index (χ2n) is 4.66. The highest BCUT2D eigenvalue weighted by molar-refractivity contribution is 7.99. The fourth-order valence-corrected chi connectivity index (χ4v) is 3.22. The maximum absolute atomic E-state index is 13.5. The van der Waals surface area contributed by atoms with E-state index in [1.54, 1.807) is 16.0 Å². The van der Waals surface area contributed by atoms with Gasteiger partial charge in [-0.15, -0.1) is 16.4 Å². The van der Waals surface area contributed by atoms with Crippen LogP contribution in [0.1, 0.15) is 4.88 Å². The number of tetrazole rings is 1. The third kappa shape index (κ3) is 4.15. The van der Waals surface area contributed by atoms with E-state index >= 15 is 0 Å². The molecule has 3 rings (SSSR count). The molecular weight excluding hydrogens is 356 g/mol. The van der Waals surface area contributed by atoms with E-state index in [4.69, 9.17) is 0 Å². The molecule has 0 aliphatic rings. The minimum Gasteiger partial charge on any atom is -0.323 e. The van der Waals surface area contributed by atoms with E-state index in [9.17, 15) is 13.6 Å². The Morgan fingerprint density at radius 3 is 3.00 bits per heavy atom. The van der Waals surface area contributed by atoms with E-state index < -0.39 is 17.5 Å². The summed E-state index contributed by atoms with van der Waals surface area (Å²) in [6, 6.07) is 6.76. The first-order chi connectivity index (χ1) is 11.6. The maximum atomic E-state index is 13.5. The molecule has 3 aromatic rings. The molecule has 0 spiro atoms. The number of thioether (sulfide) groups is 1. The second kappa shape index (κ2) is 7.49. The standard InChI is InChI=1S/C14H11F2N5OS2/c15-9-3-4-11(16)12(6-9)17-13(22)8-24-14-18-19-20-21(14)7-10-2-1-5-23-10/h1-6H,7-8H2,(H,17,22). The Hall–Kier alpha value is -2.33. The van der Waals surface area contributed by atoms with Crippen molar-refractivity contribution in [2.24, 2.45) is 0 Å². The lowest BCUT2D eigenvalue weighted by molar-refractivity contribution is -0.113. The Morgan fingerprint density at radius 1 is 1.33 bits per heavy atom. The number of thiophene rings is 1. The highest BCUT2D eigenvalue weighted by Gasteiger charge is 2.13. The van der Waals surface area contributed by atoms with Gasteiger partial charge in [-0.1, -0.05) is 17.8 Å². The molecule has 124 valence electrons. The summed E-state index contributed by atoms with van der Waals surface area (Å²) in [4.78, 5) is 13.0. The van der Waals surface area contributed by atoms with Crippen molar-refractivity contribution in [3.8, 4) is 0 Å². The van der Waals surface area contributed by atoms with Crippen LogP contribution in [0.25, 0.3) is 0 Å². The highest BCUT2D eigenvalue weighted by atomic mass is 32.2. The van der Waals surface area contributed by atoms with Gasteiger partial charge in [0.1, 0.15) is 11.6 Å². The Morgan fingerprint density at radius 2 is 2.21 bits per heavy atom. The van der Waals surface area contributed by atoms with Gasteiger partial charge in [-0.25, -0.2) is 13.5 Å². The Labute approximate surface area is 143 Å². The fourth-order valence-electron chi connectivity index (χ4n) is 1.86. The third-order valence-electron chi connectivity index (χ3n) is 2.92. The summed E-state index contributed by atoms with van der Waals surface area (Å²) in [7, 11) is 0. The molecule has 0 fully saturated rings. The molecule has 0 saturated heterocycles. The molecule has 6 nitrogen and oxygen atoms in total. The number of nitrogens with zero attached hydrogens (tertiary/aromatic N) is 4. The van der Waals surface area contributed by atoms with Crippen molar-refractivity contribution < 1.29 is 13.6 Å². The van der Waals surface area contributed by atoms with Crippen LogP contribution in [-0.2, 0) is 11.3 Å². The summed E-state index contributed by atoms with van der Waals surface area (Å²) < 4.78 is 28.2. The van der Waals surface area contributed by atoms with Gasteiger partial charge in [0.25, 0.3) is 0 Å². The molecule has 1 N–H and O–H groups in total. The number of benzene rings is 1. The molecule has 10 heteroatoms. The van der Waals surface area contributed by atoms with Gasteiger partial charge in [-0.05, 0) is 34.0 Å². The van der Waals surface area contributed by atoms with Crippen molar-refractivity contribution in [3.05, 3.63) is 52.2 Å². The molecule has 2 heterocycles. The van der Waals surface area contributed by atoms with E-state index in [0.29, 0.717) is 11.7 Å². The summed E-state index contributed by atoms with van der Waals surface area (Å²) in [5, 5.41) is 16.1. The van der Waals surface area contributed by atoms with Crippen LogP contribution in [0.2, 0.25) is 0 Å². The van der Waals surface area contributed by atoms with Crippen LogP contribution in [-0.4, -0.2) is 31.9 Å². The first-order valence-corrected chi connectivity index (χ1v) is 8.64. The minimum atomic E-state index is -0.697. The molecule has 0 unspecified atom stereocenters. The number of rotatable bonds is 6. The van der Waals surface area contributed by atoms with Crippen molar-refractivity contribution in [1.29, 1.82) is 0 Å². The molecule has 0 saturated carbocycles. The lowest BCUT2D eigenvalue weighted by atomic mass is 10.3. The van der Waals surface area contributed by atoms with Gasteiger partial charge in [0, 0.05) is 10.9 Å². The van der Waals surface area contributed by atoms with Gasteiger partial charge in [-0.2, -0.15) is 0 Å². The zero-order valence-corrected chi connectivity index (χ0v) is 13.8. The molecule has 0 atom stereocenters. The van der Waals surface area contributed by atoms with Gasteiger partial charge in [-0.3, -0.25) is 4.79 Å². The van der Waals surface area contributed by atoms with Crippen LogP contribution in [0, 0.1) is 11.6 Å². The van der Waals surface area contributed by atoms with Crippen LogP contribution < -0.4 is 5.32 Å². The van der Waals surface area contributed by atoms with Crippen LogP contribution in [0.5, 0.6) is 0 Å². The minimum absolute atomic E-state index is 0.0270. The van der Waals surface area contributed by atoms with Gasteiger partial charge in [0.15, 0.2) is 0 Å². The number of carbonyl (C=O) groups is 1. The van der Waals surface area contributed by atoms with Crippen molar-refractivity contribution in [2.45, 2.75) is 11.7 Å². The van der Waals surface area contributed by atoms with Crippen LogP contribution in [0.4, 0.5) is 14.5 Å². The van der Waals surface area contributed by atoms with Gasteiger partial charge in [0.05, 0.1) is 18.0 Å². The number of amides is 1. The number of halogens is 2. The third-order valence-corrected chi connectivity index (χ3v) is 4.74. The van der Waals surface area contributed by atoms with E-state index in [2.05, 4.69) is 20.8 Å². The van der Waals surface area contributed by atoms with Crippen LogP contribution >= 0.6 is 23.1 Å². The molecule has 24 heavy (non-hydrogen) atoms. The Kier molecular flexibility index (Phi) is 5.16. The molecule has 0 aliphatic heterocycles. The number of carbonyl (C=O) groups excluding carboxylic acids is 1. The summed E-state index contributed by atoms with van der Waals surface area (Å²) in [6.07, 6.45) is 0. The zero-order chi connectivity index (χ0) is 16.9. The molecule has 0 bridgehead atoms. The Bertz CT molecular complexity index is 838. The summed E-state index contributed by atoms with van der Waals surface area (Å²) in [6.45, 7) is 0.507. The first-order valence-electron chi connectivity index (χ1n) is 6.78. The largest absolute Gasteiger partial charge is 0.323 e. The van der Waals surface area contributed by atoms with Crippen molar-refractivity contribution in [3.63, 3.8) is 0 Å². The van der Waals surface area contributed by atoms with Gasteiger partial charge < -0.3 is 5.32 Å². The maximum Gasteiger partial charge on any atom is 0.234 e. The predicted octanol–water partition coefficient (Wildman–Crippen LogP) is 2.79. The van der Waals surface area contributed by atoms with Crippen LogP contribution in [0.3, 0.4) is 0 Å². The van der Waals surface area contributed by atoms with E-state index in [1.165, 1.54) is 0 Å². The fraction of sp³-hybridized carbons (Fsp3) is 0.143. The monoisotopic (exact) mass is 367 g/mol. The molecule has 1 amide bonds. The summed E-state index contributed by atoms with van der Waals surface area (Å²) >= 11 is 2.69. The average Bonchev–Trinajstić information content (AvgIpc) is 3.21. The molecule has 1 aromatic carbocycles. The smallest absolute Gasteiger partial charge is 0.234 e. The first kappa shape index (κ1) is 16.5. The molecule has 2 aromatic heterocycles. The second-order valence-corrected chi connectivity index (χ2v) is 6.63. The summed E-state index contributed by atoms with van der Waals surface area (Å²) in [5.41, 5.74) is -0.196. The van der Waals surface area contributed by atoms with Gasteiger partial charge >= 0.3 is 0 Å². The zero-order valence-electron chi connectivity index (χ0n) is 12.1. The number of anilines is 1. The number of hydrogen-bond acceptors (Lipinski definition) is 6. The molecular formula is C14H11F2N5OS2. The quantitative estimate of drug-likeness (QED) is 0.678. The van der Waals surface area contributed by atoms with Crippen molar-refractivity contribution >= 4 is 34.7 Å². The SMILES string of the molecule is O=C(CSc1nnnn1Cc1cccs1)Nc1cc(F)ccc1F. The predicted molar refractivity (Wildman–Crippen MR) is 86.9 cm³/mol. The highest BCUT2D eigenvalue weighted by Crippen LogP contribution is 2.19. The van der Waals surface area contributed by atoms with Crippen molar-refractivity contribution in [1.82, 2.24) is 20.2 Å². The van der Waals surface area contributed by atoms with Gasteiger partial charge in [0.2, 0.25) is 11.1 Å². The number of nitrogens with one attached hydrogen (secondary N) is 1. The molecule has 0 aliphatic carbocycles. The molecule has 0 radical (unpaired) electrons. The number of aromatic nitrogens is 4. The van der Waals surface area contributed by atoms with Crippen LogP contribution in [0.15, 0.2) is 40.9 Å². The topological polar surface area (TPSA) is 72.7 Å².